The number of nitrogens with zero attached hydrogens (tertiary/aromatic N) is 1. The molecule has 3 aromatic rings. The Morgan fingerprint density at radius 1 is 0.955 bits per heavy atom. The van der Waals surface area contributed by atoms with Crippen molar-refractivity contribution in [1.82, 2.24) is 5.32 Å². The molecule has 1 fully saturated rings. The minimum atomic E-state index is -0.900. The number of methoxy groups -OCH3 is 2. The van der Waals surface area contributed by atoms with Crippen molar-refractivity contribution in [1.29, 1.82) is 0 Å². The second-order valence-corrected chi connectivity index (χ2v) is 10.7. The van der Waals surface area contributed by atoms with Crippen molar-refractivity contribution in [2.45, 2.75) is 27.2 Å². The fraction of sp³-hybridized carbons (Fsp3) is 0.250. The fourth-order valence-electron chi connectivity index (χ4n) is 4.43. The lowest BCUT2D eigenvalue weighted by Gasteiger charge is -2.27. The van der Waals surface area contributed by atoms with Crippen molar-refractivity contribution < 1.29 is 38.1 Å². The van der Waals surface area contributed by atoms with Gasteiger partial charge in [0.05, 0.1) is 31.0 Å². The number of aryl methyl sites for hydroxylation is 2. The van der Waals surface area contributed by atoms with Gasteiger partial charge in [0.25, 0.3) is 17.7 Å². The van der Waals surface area contributed by atoms with Crippen LogP contribution in [0.5, 0.6) is 23.0 Å². The van der Waals surface area contributed by atoms with E-state index in [0.29, 0.717) is 33.8 Å². The van der Waals surface area contributed by atoms with Gasteiger partial charge in [0.1, 0.15) is 5.57 Å². The Labute approximate surface area is 263 Å². The van der Waals surface area contributed by atoms with E-state index >= 15 is 0 Å². The first kappa shape index (κ1) is 32.1. The molecule has 1 aliphatic heterocycles. The highest BCUT2D eigenvalue weighted by Crippen LogP contribution is 2.38. The summed E-state index contributed by atoms with van der Waals surface area (Å²) in [6, 6.07) is 12.5. The Bertz CT molecular complexity index is 1650. The van der Waals surface area contributed by atoms with E-state index in [1.165, 1.54) is 32.4 Å². The lowest BCUT2D eigenvalue weighted by atomic mass is 10.1. The molecule has 0 atom stereocenters. The van der Waals surface area contributed by atoms with Gasteiger partial charge < -0.3 is 24.3 Å². The SMILES string of the molecule is CCCOc1ccc(N2C(=O)NC(=O)/C(=C/c3cc(Br)c(OCC(=O)Nc4ccc(C)cc4C)c(OC)c3)C2=O)cc1OC. The van der Waals surface area contributed by atoms with E-state index in [0.717, 1.165) is 22.4 Å². The average Bonchev–Trinajstić information content (AvgIpc) is 2.98. The summed E-state index contributed by atoms with van der Waals surface area (Å²) in [6.45, 7) is 6.00. The number of anilines is 2. The largest absolute Gasteiger partial charge is 0.493 e. The number of carbonyl (C=O) groups is 4. The Morgan fingerprint density at radius 2 is 1.70 bits per heavy atom. The van der Waals surface area contributed by atoms with Crippen molar-refractivity contribution in [3.8, 4) is 23.0 Å². The van der Waals surface area contributed by atoms with Crippen LogP contribution in [0, 0.1) is 13.8 Å². The van der Waals surface area contributed by atoms with Gasteiger partial charge in [-0.1, -0.05) is 24.6 Å². The number of ether oxygens (including phenoxy) is 4. The van der Waals surface area contributed by atoms with Gasteiger partial charge in [0, 0.05) is 11.8 Å². The third kappa shape index (κ3) is 7.20. The molecule has 230 valence electrons. The zero-order valence-electron chi connectivity index (χ0n) is 24.9. The molecule has 0 aromatic heterocycles. The summed E-state index contributed by atoms with van der Waals surface area (Å²) in [4.78, 5) is 52.4. The Hall–Kier alpha value is -4.84. The minimum Gasteiger partial charge on any atom is -0.493 e. The summed E-state index contributed by atoms with van der Waals surface area (Å²) in [7, 11) is 2.86. The van der Waals surface area contributed by atoms with Crippen LogP contribution in [0.1, 0.15) is 30.0 Å². The molecule has 1 heterocycles. The normalized spacial score (nSPS) is 13.9. The molecule has 0 bridgehead atoms. The van der Waals surface area contributed by atoms with Gasteiger partial charge >= 0.3 is 6.03 Å². The monoisotopic (exact) mass is 665 g/mol. The molecule has 1 aliphatic rings. The maximum Gasteiger partial charge on any atom is 0.335 e. The van der Waals surface area contributed by atoms with E-state index in [9.17, 15) is 19.2 Å². The van der Waals surface area contributed by atoms with E-state index in [1.807, 2.05) is 39.0 Å². The lowest BCUT2D eigenvalue weighted by molar-refractivity contribution is -0.122. The summed E-state index contributed by atoms with van der Waals surface area (Å²) in [5.41, 5.74) is 2.99. The standard InChI is InChI=1S/C32H32BrN3O8/c1-6-11-43-25-10-8-21(16-26(25)41-4)36-31(39)22(30(38)35-32(36)40)13-20-14-23(33)29(27(15-20)42-5)44-17-28(37)34-24-9-7-18(2)12-19(24)3/h7-10,12-16H,6,11,17H2,1-5H3,(H,34,37)(H,35,38,40)/b22-13-. The molecule has 44 heavy (non-hydrogen) atoms. The van der Waals surface area contributed by atoms with Crippen LogP contribution >= 0.6 is 15.9 Å². The molecule has 4 rings (SSSR count). The molecule has 11 nitrogen and oxygen atoms in total. The van der Waals surface area contributed by atoms with E-state index < -0.39 is 17.8 Å². The van der Waals surface area contributed by atoms with E-state index in [4.69, 9.17) is 18.9 Å². The van der Waals surface area contributed by atoms with Crippen molar-refractivity contribution in [2.24, 2.45) is 0 Å². The zero-order valence-corrected chi connectivity index (χ0v) is 26.5. The number of halogens is 1. The smallest absolute Gasteiger partial charge is 0.335 e. The summed E-state index contributed by atoms with van der Waals surface area (Å²) < 4.78 is 22.7. The van der Waals surface area contributed by atoms with Crippen LogP contribution in [0.4, 0.5) is 16.2 Å². The molecule has 5 amide bonds. The topological polar surface area (TPSA) is 132 Å². The number of barbiturate groups is 1. The predicted molar refractivity (Wildman–Crippen MR) is 169 cm³/mol. The molecule has 3 aromatic carbocycles. The van der Waals surface area contributed by atoms with Crippen molar-refractivity contribution >= 4 is 57.1 Å². The zero-order chi connectivity index (χ0) is 32.0. The Morgan fingerprint density at radius 3 is 2.39 bits per heavy atom. The molecular weight excluding hydrogens is 634 g/mol. The number of hydrogen-bond acceptors (Lipinski definition) is 8. The van der Waals surface area contributed by atoms with Crippen LogP contribution in [-0.4, -0.2) is 51.2 Å². The highest BCUT2D eigenvalue weighted by Gasteiger charge is 2.37. The second kappa shape index (κ2) is 14.1. The van der Waals surface area contributed by atoms with E-state index in [-0.39, 0.29) is 35.3 Å². The first-order valence-corrected chi connectivity index (χ1v) is 14.4. The lowest BCUT2D eigenvalue weighted by Crippen LogP contribution is -2.54. The van der Waals surface area contributed by atoms with Gasteiger partial charge in [-0.2, -0.15) is 0 Å². The molecule has 0 spiro atoms. The van der Waals surface area contributed by atoms with Crippen LogP contribution in [0.15, 0.2) is 58.6 Å². The number of benzene rings is 3. The van der Waals surface area contributed by atoms with Crippen LogP contribution in [0.2, 0.25) is 0 Å². The molecule has 1 saturated heterocycles. The first-order chi connectivity index (χ1) is 21.1. The first-order valence-electron chi connectivity index (χ1n) is 13.7. The highest BCUT2D eigenvalue weighted by atomic mass is 79.9. The van der Waals surface area contributed by atoms with Gasteiger partial charge in [0.2, 0.25) is 0 Å². The number of carbonyl (C=O) groups excluding carboxylic acids is 4. The van der Waals surface area contributed by atoms with Crippen molar-refractivity contribution in [3.63, 3.8) is 0 Å². The molecule has 2 N–H and O–H groups in total. The quantitative estimate of drug-likeness (QED) is 0.201. The summed E-state index contributed by atoms with van der Waals surface area (Å²) in [5.74, 6) is -0.782. The molecule has 0 radical (unpaired) electrons. The van der Waals surface area contributed by atoms with Gasteiger partial charge in [-0.3, -0.25) is 19.7 Å². The van der Waals surface area contributed by atoms with Gasteiger partial charge in [-0.15, -0.1) is 0 Å². The fourth-order valence-corrected chi connectivity index (χ4v) is 5.00. The minimum absolute atomic E-state index is 0.188. The maximum absolute atomic E-state index is 13.5. The summed E-state index contributed by atoms with van der Waals surface area (Å²) in [5, 5.41) is 5.03. The maximum atomic E-state index is 13.5. The number of nitrogens with one attached hydrogen (secondary N) is 2. The van der Waals surface area contributed by atoms with Crippen LogP contribution in [0.3, 0.4) is 0 Å². The third-order valence-electron chi connectivity index (χ3n) is 6.54. The molecule has 12 heteroatoms. The van der Waals surface area contributed by atoms with Crippen LogP contribution in [0.25, 0.3) is 6.08 Å². The number of amides is 5. The molecule has 0 unspecified atom stereocenters. The molecular formula is C32H32BrN3O8. The second-order valence-electron chi connectivity index (χ2n) is 9.83. The summed E-state index contributed by atoms with van der Waals surface area (Å²) in [6.07, 6.45) is 2.11. The van der Waals surface area contributed by atoms with Crippen molar-refractivity contribution in [3.05, 3.63) is 75.3 Å². The number of rotatable bonds is 11. The predicted octanol–water partition coefficient (Wildman–Crippen LogP) is 5.56. The van der Waals surface area contributed by atoms with Gasteiger partial charge in [0.15, 0.2) is 29.6 Å². The van der Waals surface area contributed by atoms with E-state index in [2.05, 4.69) is 26.6 Å². The van der Waals surface area contributed by atoms with E-state index in [1.54, 1.807) is 18.2 Å². The third-order valence-corrected chi connectivity index (χ3v) is 7.12. The number of hydrogen-bond donors (Lipinski definition) is 2. The van der Waals surface area contributed by atoms with Crippen LogP contribution in [-0.2, 0) is 14.4 Å². The highest BCUT2D eigenvalue weighted by molar-refractivity contribution is 9.10. The molecule has 0 saturated carbocycles. The molecule has 0 aliphatic carbocycles. The average molecular weight is 667 g/mol. The number of urea groups is 1. The summed E-state index contributed by atoms with van der Waals surface area (Å²) >= 11 is 3.43. The van der Waals surface area contributed by atoms with Crippen molar-refractivity contribution in [2.75, 3.05) is 37.7 Å². The van der Waals surface area contributed by atoms with Crippen LogP contribution < -0.4 is 34.5 Å². The Kier molecular flexibility index (Phi) is 10.3. The Balaban J connectivity index is 1.56. The van der Waals surface area contributed by atoms with Gasteiger partial charge in [-0.25, -0.2) is 9.69 Å². The number of imide groups is 2. The van der Waals surface area contributed by atoms with Gasteiger partial charge in [-0.05, 0) is 83.7 Å².